The minimum atomic E-state index is -0.487. The molecule has 15 heavy (non-hydrogen) atoms. The summed E-state index contributed by atoms with van der Waals surface area (Å²) in [4.78, 5) is 16.9. The van der Waals surface area contributed by atoms with Gasteiger partial charge in [-0.2, -0.15) is 0 Å². The first-order valence-corrected chi connectivity index (χ1v) is 5.43. The normalized spacial score (nSPS) is 11.0. The summed E-state index contributed by atoms with van der Waals surface area (Å²) in [5.74, 6) is -0.0365. The smallest absolute Gasteiger partial charge is 0.187 e. The van der Waals surface area contributed by atoms with Crippen LogP contribution in [0.2, 0.25) is 0 Å². The molecule has 0 atom stereocenters. The van der Waals surface area contributed by atoms with Crippen LogP contribution >= 0.6 is 11.3 Å². The molecule has 0 aliphatic carbocycles. The first-order chi connectivity index (χ1) is 7.08. The van der Waals surface area contributed by atoms with Crippen molar-refractivity contribution in [3.05, 3.63) is 15.6 Å². The van der Waals surface area contributed by atoms with Crippen molar-refractivity contribution in [2.45, 2.75) is 26.6 Å². The maximum atomic E-state index is 11.8. The Bertz CT molecular complexity index is 344. The number of methoxy groups -OCH3 is 2. The van der Waals surface area contributed by atoms with E-state index in [1.807, 2.05) is 13.8 Å². The average Bonchev–Trinajstić information content (AvgIpc) is 2.54. The van der Waals surface area contributed by atoms with E-state index in [0.29, 0.717) is 5.69 Å². The van der Waals surface area contributed by atoms with Crippen molar-refractivity contribution in [1.82, 2.24) is 4.98 Å². The molecule has 0 N–H and O–H groups in total. The highest BCUT2D eigenvalue weighted by molar-refractivity contribution is 7.11. The molecule has 0 fully saturated rings. The van der Waals surface area contributed by atoms with E-state index < -0.39 is 6.29 Å². The van der Waals surface area contributed by atoms with E-state index in [9.17, 15) is 4.79 Å². The standard InChI is InChI=1S/C10H15NO3S/c1-6-10(11-7(2)15-6)8(12)5-9(13-3)14-4/h9H,5H2,1-4H3. The monoisotopic (exact) mass is 229 g/mol. The third kappa shape index (κ3) is 3.09. The van der Waals surface area contributed by atoms with Crippen LogP contribution in [0.4, 0.5) is 0 Å². The number of carbonyl (C=O) groups excluding carboxylic acids is 1. The highest BCUT2D eigenvalue weighted by Gasteiger charge is 2.18. The van der Waals surface area contributed by atoms with E-state index in [1.165, 1.54) is 25.6 Å². The number of ketones is 1. The Labute approximate surface area is 93.2 Å². The maximum Gasteiger partial charge on any atom is 0.187 e. The molecule has 4 nitrogen and oxygen atoms in total. The first kappa shape index (κ1) is 12.3. The van der Waals surface area contributed by atoms with Crippen LogP contribution in [-0.2, 0) is 9.47 Å². The van der Waals surface area contributed by atoms with Gasteiger partial charge >= 0.3 is 0 Å². The van der Waals surface area contributed by atoms with Gasteiger partial charge in [0, 0.05) is 19.1 Å². The molecule has 0 radical (unpaired) electrons. The molecular formula is C10H15NO3S. The summed E-state index contributed by atoms with van der Waals surface area (Å²) in [7, 11) is 3.03. The number of thiazole rings is 1. The zero-order valence-electron chi connectivity index (χ0n) is 9.36. The largest absolute Gasteiger partial charge is 0.355 e. The Kier molecular flexibility index (Phi) is 4.38. The summed E-state index contributed by atoms with van der Waals surface area (Å²) >= 11 is 1.53. The molecule has 84 valence electrons. The molecule has 0 bridgehead atoms. The lowest BCUT2D eigenvalue weighted by atomic mass is 10.2. The molecule has 1 aromatic rings. The molecule has 0 saturated heterocycles. The number of ether oxygens (including phenoxy) is 2. The van der Waals surface area contributed by atoms with Crippen molar-refractivity contribution in [2.75, 3.05) is 14.2 Å². The Morgan fingerprint density at radius 1 is 1.40 bits per heavy atom. The molecule has 1 aromatic heterocycles. The number of hydrogen-bond donors (Lipinski definition) is 0. The van der Waals surface area contributed by atoms with Crippen molar-refractivity contribution in [3.8, 4) is 0 Å². The van der Waals surface area contributed by atoms with Crippen LogP contribution in [-0.4, -0.2) is 31.3 Å². The summed E-state index contributed by atoms with van der Waals surface area (Å²) < 4.78 is 9.94. The van der Waals surface area contributed by atoms with E-state index in [-0.39, 0.29) is 12.2 Å². The number of aryl methyl sites for hydroxylation is 2. The average molecular weight is 229 g/mol. The van der Waals surface area contributed by atoms with Crippen LogP contribution in [0.25, 0.3) is 0 Å². The van der Waals surface area contributed by atoms with Gasteiger partial charge in [-0.25, -0.2) is 4.98 Å². The third-order valence-corrected chi connectivity index (χ3v) is 2.93. The fraction of sp³-hybridized carbons (Fsp3) is 0.600. The number of carbonyl (C=O) groups is 1. The molecule has 0 unspecified atom stereocenters. The second kappa shape index (κ2) is 5.34. The topological polar surface area (TPSA) is 48.4 Å². The van der Waals surface area contributed by atoms with Gasteiger partial charge in [0.1, 0.15) is 5.69 Å². The van der Waals surface area contributed by atoms with E-state index >= 15 is 0 Å². The SMILES string of the molecule is COC(CC(=O)c1nc(C)sc1C)OC. The zero-order chi connectivity index (χ0) is 11.4. The molecule has 1 heterocycles. The van der Waals surface area contributed by atoms with Crippen LogP contribution in [0, 0.1) is 13.8 Å². The maximum absolute atomic E-state index is 11.8. The zero-order valence-corrected chi connectivity index (χ0v) is 10.2. The van der Waals surface area contributed by atoms with Crippen LogP contribution in [0.3, 0.4) is 0 Å². The van der Waals surface area contributed by atoms with Crippen LogP contribution in [0.15, 0.2) is 0 Å². The van der Waals surface area contributed by atoms with E-state index in [0.717, 1.165) is 9.88 Å². The molecule has 0 saturated carbocycles. The van der Waals surface area contributed by atoms with Crippen molar-refractivity contribution < 1.29 is 14.3 Å². The second-order valence-electron chi connectivity index (χ2n) is 3.17. The lowest BCUT2D eigenvalue weighted by Crippen LogP contribution is -2.18. The van der Waals surface area contributed by atoms with Gasteiger partial charge < -0.3 is 9.47 Å². The summed E-state index contributed by atoms with van der Waals surface area (Å²) in [6.45, 7) is 3.78. The van der Waals surface area contributed by atoms with Gasteiger partial charge in [0.15, 0.2) is 12.1 Å². The Hall–Kier alpha value is -0.780. The van der Waals surface area contributed by atoms with Gasteiger partial charge in [0.05, 0.1) is 11.4 Å². The van der Waals surface area contributed by atoms with Crippen molar-refractivity contribution >= 4 is 17.1 Å². The van der Waals surface area contributed by atoms with Crippen LogP contribution in [0.1, 0.15) is 26.8 Å². The van der Waals surface area contributed by atoms with Crippen LogP contribution < -0.4 is 0 Å². The quantitative estimate of drug-likeness (QED) is 0.572. The molecule has 0 spiro atoms. The number of Topliss-reactive ketones (excluding diaryl/α,β-unsaturated/α-hetero) is 1. The highest BCUT2D eigenvalue weighted by atomic mass is 32.1. The predicted molar refractivity (Wildman–Crippen MR) is 58.3 cm³/mol. The first-order valence-electron chi connectivity index (χ1n) is 4.61. The number of rotatable bonds is 5. The van der Waals surface area contributed by atoms with Crippen molar-refractivity contribution in [3.63, 3.8) is 0 Å². The fourth-order valence-corrected chi connectivity index (χ4v) is 2.13. The minimum Gasteiger partial charge on any atom is -0.355 e. The third-order valence-electron chi connectivity index (χ3n) is 2.05. The van der Waals surface area contributed by atoms with Gasteiger partial charge in [-0.05, 0) is 13.8 Å². The molecule has 0 aliphatic rings. The Morgan fingerprint density at radius 3 is 2.40 bits per heavy atom. The van der Waals surface area contributed by atoms with Crippen molar-refractivity contribution in [2.24, 2.45) is 0 Å². The molecule has 0 aliphatic heterocycles. The summed E-state index contributed by atoms with van der Waals surface area (Å²) in [6.07, 6.45) is -0.282. The van der Waals surface area contributed by atoms with Gasteiger partial charge in [0.25, 0.3) is 0 Å². The van der Waals surface area contributed by atoms with Crippen LogP contribution in [0.5, 0.6) is 0 Å². The van der Waals surface area contributed by atoms with Gasteiger partial charge in [0.2, 0.25) is 0 Å². The number of aromatic nitrogens is 1. The number of hydrogen-bond acceptors (Lipinski definition) is 5. The van der Waals surface area contributed by atoms with E-state index in [1.54, 1.807) is 0 Å². The molecule has 0 amide bonds. The molecule has 1 rings (SSSR count). The molecule has 0 aromatic carbocycles. The van der Waals surface area contributed by atoms with Gasteiger partial charge in [-0.3, -0.25) is 4.79 Å². The Morgan fingerprint density at radius 2 is 2.00 bits per heavy atom. The highest BCUT2D eigenvalue weighted by Crippen LogP contribution is 2.18. The van der Waals surface area contributed by atoms with E-state index in [4.69, 9.17) is 9.47 Å². The van der Waals surface area contributed by atoms with Crippen molar-refractivity contribution in [1.29, 1.82) is 0 Å². The van der Waals surface area contributed by atoms with Gasteiger partial charge in [-0.1, -0.05) is 0 Å². The van der Waals surface area contributed by atoms with Gasteiger partial charge in [-0.15, -0.1) is 11.3 Å². The molecule has 5 heteroatoms. The minimum absolute atomic E-state index is 0.0365. The number of nitrogens with zero attached hydrogens (tertiary/aromatic N) is 1. The Balaban J connectivity index is 2.72. The predicted octanol–water partition coefficient (Wildman–Crippen LogP) is 1.95. The fourth-order valence-electron chi connectivity index (χ4n) is 1.30. The summed E-state index contributed by atoms with van der Waals surface area (Å²) in [6, 6.07) is 0. The summed E-state index contributed by atoms with van der Waals surface area (Å²) in [5, 5.41) is 0.905. The lowest BCUT2D eigenvalue weighted by molar-refractivity contribution is -0.0993. The second-order valence-corrected chi connectivity index (χ2v) is 4.57. The molecular weight excluding hydrogens is 214 g/mol. The lowest BCUT2D eigenvalue weighted by Gasteiger charge is -2.11. The van der Waals surface area contributed by atoms with E-state index in [2.05, 4.69) is 4.98 Å². The summed E-state index contributed by atoms with van der Waals surface area (Å²) in [5.41, 5.74) is 0.539.